The van der Waals surface area contributed by atoms with Gasteiger partial charge in [0, 0.05) is 17.5 Å². The number of halogens is 11. The van der Waals surface area contributed by atoms with Crippen LogP contribution in [-0.2, 0) is 14.6 Å². The number of aliphatic hydroxyl groups excluding tert-OH is 1. The smallest absolute Gasteiger partial charge is 0.376 e. The zero-order valence-electron chi connectivity index (χ0n) is 21.3. The van der Waals surface area contributed by atoms with Gasteiger partial charge in [-0.2, -0.15) is 39.5 Å². The van der Waals surface area contributed by atoms with Crippen molar-refractivity contribution in [3.63, 3.8) is 0 Å². The van der Waals surface area contributed by atoms with Crippen LogP contribution in [0, 0.1) is 11.2 Å². The highest BCUT2D eigenvalue weighted by Gasteiger charge is 2.75. The van der Waals surface area contributed by atoms with E-state index in [9.17, 15) is 66.6 Å². The van der Waals surface area contributed by atoms with Gasteiger partial charge in [0.15, 0.2) is 9.84 Å². The predicted molar refractivity (Wildman–Crippen MR) is 123 cm³/mol. The number of carbonyl (C=O) groups excluding carboxylic acids is 1. The molecule has 2 aliphatic carbocycles. The SMILES string of the molecule is CC12CC=C(C(F)(C(F)(F)F)C(F)(F)F)C=C1CC[C@@H]1N(C(=O)[C@@H](O)C(F)(F)F)CC[C@@]12S(=O)(=O)c1ccc(F)cc1. The maximum absolute atomic E-state index is 14.9. The molecule has 5 nitrogen and oxygen atoms in total. The van der Waals surface area contributed by atoms with E-state index >= 15 is 0 Å². The molecule has 17 heteroatoms. The molecule has 0 aromatic heterocycles. The van der Waals surface area contributed by atoms with Crippen LogP contribution < -0.4 is 0 Å². The number of alkyl halides is 10. The summed E-state index contributed by atoms with van der Waals surface area (Å²) in [6.07, 6.45) is -24.0. The van der Waals surface area contributed by atoms with Gasteiger partial charge < -0.3 is 10.0 Å². The first-order valence-corrected chi connectivity index (χ1v) is 13.7. The number of carbonyl (C=O) groups is 1. The Kier molecular flexibility index (Phi) is 7.41. The third kappa shape index (κ3) is 4.35. The molecule has 2 fully saturated rings. The molecule has 1 heterocycles. The maximum Gasteiger partial charge on any atom is 0.435 e. The van der Waals surface area contributed by atoms with Crippen molar-refractivity contribution in [2.24, 2.45) is 5.41 Å². The molecule has 1 amide bonds. The first kappa shape index (κ1) is 32.2. The van der Waals surface area contributed by atoms with E-state index in [1.807, 2.05) is 0 Å². The highest BCUT2D eigenvalue weighted by atomic mass is 32.2. The van der Waals surface area contributed by atoms with Crippen LogP contribution in [0.15, 0.2) is 52.5 Å². The minimum absolute atomic E-state index is 0.254. The summed E-state index contributed by atoms with van der Waals surface area (Å²) >= 11 is 0. The van der Waals surface area contributed by atoms with Crippen molar-refractivity contribution in [2.75, 3.05) is 6.54 Å². The fourth-order valence-electron chi connectivity index (χ4n) is 6.55. The Hall–Kier alpha value is -2.69. The molecule has 0 radical (unpaired) electrons. The number of benzene rings is 1. The van der Waals surface area contributed by atoms with E-state index in [1.54, 1.807) is 0 Å². The Balaban J connectivity index is 1.92. The van der Waals surface area contributed by atoms with Crippen LogP contribution in [0.5, 0.6) is 0 Å². The molecule has 1 unspecified atom stereocenters. The molecule has 1 N–H and O–H groups in total. The molecule has 3 aliphatic rings. The maximum atomic E-state index is 14.9. The molecule has 1 aliphatic heterocycles. The topological polar surface area (TPSA) is 74.7 Å². The highest BCUT2D eigenvalue weighted by Crippen LogP contribution is 2.64. The molecule has 1 aromatic carbocycles. The van der Waals surface area contributed by atoms with Crippen LogP contribution in [-0.4, -0.2) is 72.0 Å². The van der Waals surface area contributed by atoms with Crippen LogP contribution in [0.1, 0.15) is 32.6 Å². The van der Waals surface area contributed by atoms with Gasteiger partial charge in [-0.3, -0.25) is 4.79 Å². The van der Waals surface area contributed by atoms with Crippen LogP contribution >= 0.6 is 0 Å². The number of sulfone groups is 1. The monoisotopic (exact) mass is 641 g/mol. The molecule has 1 aromatic rings. The lowest BCUT2D eigenvalue weighted by Gasteiger charge is -2.55. The number of nitrogens with zero attached hydrogens (tertiary/aromatic N) is 1. The van der Waals surface area contributed by atoms with Gasteiger partial charge in [-0.1, -0.05) is 24.6 Å². The molecule has 0 spiro atoms. The van der Waals surface area contributed by atoms with Gasteiger partial charge >= 0.3 is 24.2 Å². The minimum Gasteiger partial charge on any atom is -0.376 e. The average Bonchev–Trinajstić information content (AvgIpc) is 3.28. The standard InChI is InChI=1S/C25H22F11NO4S/c1-20-9-8-14(22(27,24(31,32)33)25(34,35)36)12-13(20)2-7-17-21(20,42(40,41)16-5-3-15(26)4-6-16)10-11-37(17)19(39)18(38)23(28,29)30/h3-6,8,12,17-18,38H,2,7,9-11H2,1H3/t17-,18+,20?,21+/m0/s1. The first-order valence-electron chi connectivity index (χ1n) is 12.3. The number of likely N-dealkylation sites (tertiary alicyclic amines) is 1. The Morgan fingerprint density at radius 1 is 1.00 bits per heavy atom. The lowest BCUT2D eigenvalue weighted by Crippen LogP contribution is -2.65. The van der Waals surface area contributed by atoms with Gasteiger partial charge in [0.2, 0.25) is 6.10 Å². The second-order valence-corrected chi connectivity index (χ2v) is 12.9. The van der Waals surface area contributed by atoms with Crippen molar-refractivity contribution in [3.05, 3.63) is 53.4 Å². The molecule has 0 bridgehead atoms. The molecule has 1 saturated heterocycles. The van der Waals surface area contributed by atoms with E-state index in [4.69, 9.17) is 0 Å². The van der Waals surface area contributed by atoms with Crippen LogP contribution in [0.4, 0.5) is 48.3 Å². The average molecular weight is 641 g/mol. The van der Waals surface area contributed by atoms with Crippen molar-refractivity contribution in [3.8, 4) is 0 Å². The Labute approximate surface area is 231 Å². The van der Waals surface area contributed by atoms with Crippen LogP contribution in [0.3, 0.4) is 0 Å². The summed E-state index contributed by atoms with van der Waals surface area (Å²) in [4.78, 5) is 12.7. The fourth-order valence-corrected chi connectivity index (χ4v) is 9.24. The number of rotatable bonds is 4. The predicted octanol–water partition coefficient (Wildman–Crippen LogP) is 5.75. The van der Waals surface area contributed by atoms with E-state index < -0.39 is 111 Å². The molecular weight excluding hydrogens is 619 g/mol. The summed E-state index contributed by atoms with van der Waals surface area (Å²) in [5.41, 5.74) is -9.98. The van der Waals surface area contributed by atoms with Gasteiger partial charge in [0.25, 0.3) is 5.91 Å². The molecule has 234 valence electrons. The van der Waals surface area contributed by atoms with E-state index in [-0.39, 0.29) is 17.7 Å². The van der Waals surface area contributed by atoms with Crippen molar-refractivity contribution < 1.29 is 66.6 Å². The van der Waals surface area contributed by atoms with Crippen LogP contribution in [0.2, 0.25) is 0 Å². The summed E-state index contributed by atoms with van der Waals surface area (Å²) in [6, 6.07) is 1.48. The summed E-state index contributed by atoms with van der Waals surface area (Å²) < 4.78 is 175. The number of aliphatic hydroxyl groups is 1. The second kappa shape index (κ2) is 9.66. The molecule has 42 heavy (non-hydrogen) atoms. The number of fused-ring (bicyclic) bond motifs is 3. The lowest BCUT2D eigenvalue weighted by atomic mass is 9.57. The third-order valence-electron chi connectivity index (χ3n) is 8.64. The molecule has 4 atom stereocenters. The quantitative estimate of drug-likeness (QED) is 0.336. The van der Waals surface area contributed by atoms with Gasteiger partial charge in [0.05, 0.1) is 10.9 Å². The number of hydrogen-bond donors (Lipinski definition) is 1. The first-order chi connectivity index (χ1) is 19.0. The second-order valence-electron chi connectivity index (χ2n) is 10.6. The highest BCUT2D eigenvalue weighted by molar-refractivity contribution is 7.93. The van der Waals surface area contributed by atoms with Crippen molar-refractivity contribution >= 4 is 15.7 Å². The minimum atomic E-state index is -6.46. The summed E-state index contributed by atoms with van der Waals surface area (Å²) in [6.45, 7) is 0.462. The zero-order valence-corrected chi connectivity index (χ0v) is 22.2. The fraction of sp³-hybridized carbons (Fsp3) is 0.560. The summed E-state index contributed by atoms with van der Waals surface area (Å²) in [7, 11) is -4.88. The van der Waals surface area contributed by atoms with Crippen molar-refractivity contribution in [2.45, 2.75) is 78.6 Å². The number of allylic oxidation sites excluding steroid dienone is 4. The Morgan fingerprint density at radius 2 is 1.55 bits per heavy atom. The van der Waals surface area contributed by atoms with E-state index in [0.717, 1.165) is 31.2 Å². The Bertz CT molecular complexity index is 1420. The van der Waals surface area contributed by atoms with E-state index in [0.29, 0.717) is 4.90 Å². The molecule has 1 saturated carbocycles. The normalized spacial score (nSPS) is 28.0. The van der Waals surface area contributed by atoms with Gasteiger partial charge in [-0.15, -0.1) is 0 Å². The van der Waals surface area contributed by atoms with E-state index in [1.165, 1.54) is 0 Å². The van der Waals surface area contributed by atoms with Gasteiger partial charge in [-0.05, 0) is 49.9 Å². The van der Waals surface area contributed by atoms with E-state index in [2.05, 4.69) is 0 Å². The Morgan fingerprint density at radius 3 is 2.05 bits per heavy atom. The summed E-state index contributed by atoms with van der Waals surface area (Å²) in [5, 5.41) is 9.63. The van der Waals surface area contributed by atoms with Gasteiger partial charge in [-0.25, -0.2) is 17.2 Å². The van der Waals surface area contributed by atoms with Crippen LogP contribution in [0.25, 0.3) is 0 Å². The zero-order chi connectivity index (χ0) is 31.9. The largest absolute Gasteiger partial charge is 0.435 e. The summed E-state index contributed by atoms with van der Waals surface area (Å²) in [5.74, 6) is -2.78. The third-order valence-corrected chi connectivity index (χ3v) is 11.4. The number of amides is 1. The van der Waals surface area contributed by atoms with Gasteiger partial charge in [0.1, 0.15) is 10.6 Å². The van der Waals surface area contributed by atoms with Crippen molar-refractivity contribution in [1.82, 2.24) is 4.90 Å². The van der Waals surface area contributed by atoms with Crippen molar-refractivity contribution in [1.29, 1.82) is 0 Å². The molecular formula is C25H22F11NO4S. The lowest BCUT2D eigenvalue weighted by molar-refractivity contribution is -0.325. The number of hydrogen-bond acceptors (Lipinski definition) is 4. The molecule has 4 rings (SSSR count).